The van der Waals surface area contributed by atoms with E-state index in [-0.39, 0.29) is 30.4 Å². The minimum Gasteiger partial charge on any atom is -0.466 e. The summed E-state index contributed by atoms with van der Waals surface area (Å²) in [5.74, 6) is -0.600. The summed E-state index contributed by atoms with van der Waals surface area (Å²) in [4.78, 5) is 32.3. The fraction of sp³-hybridized carbons (Fsp3) is 0.708. The van der Waals surface area contributed by atoms with Crippen LogP contribution in [0.3, 0.4) is 0 Å². The quantitative estimate of drug-likeness (QED) is 0.569. The van der Waals surface area contributed by atoms with Gasteiger partial charge in [0.2, 0.25) is 0 Å². The molecule has 10 heteroatoms. The van der Waals surface area contributed by atoms with Gasteiger partial charge in [-0.1, -0.05) is 6.07 Å². The molecule has 1 aromatic heterocycles. The van der Waals surface area contributed by atoms with E-state index in [2.05, 4.69) is 9.88 Å². The first-order valence-corrected chi connectivity index (χ1v) is 11.8. The number of rotatable bonds is 5. The molecule has 0 radical (unpaired) electrons. The Morgan fingerprint density at radius 3 is 2.35 bits per heavy atom. The Morgan fingerprint density at radius 2 is 1.76 bits per heavy atom. The van der Waals surface area contributed by atoms with Crippen LogP contribution < -0.4 is 0 Å². The Morgan fingerprint density at radius 1 is 1.09 bits per heavy atom. The third kappa shape index (κ3) is 6.40. The van der Waals surface area contributed by atoms with E-state index in [0.29, 0.717) is 25.2 Å². The summed E-state index contributed by atoms with van der Waals surface area (Å²) in [6.45, 7) is 9.62. The SMILES string of the molecule is CCOC(=O)Cc1nc(C(F)(F)F)ccc1CN1CCCC12CCN(C(=O)OC(C)(C)C)CC2. The van der Waals surface area contributed by atoms with E-state index in [1.54, 1.807) is 11.8 Å². The topological polar surface area (TPSA) is 72.0 Å². The lowest BCUT2D eigenvalue weighted by Crippen LogP contribution is -2.53. The number of amides is 1. The maximum absolute atomic E-state index is 13.2. The second-order valence-electron chi connectivity index (χ2n) is 10.00. The smallest absolute Gasteiger partial charge is 0.433 e. The Hall–Kier alpha value is -2.36. The van der Waals surface area contributed by atoms with E-state index < -0.39 is 23.4 Å². The van der Waals surface area contributed by atoms with E-state index >= 15 is 0 Å². The van der Waals surface area contributed by atoms with Crippen molar-refractivity contribution in [3.8, 4) is 0 Å². The Bertz CT molecular complexity index is 890. The number of alkyl halides is 3. The number of carbonyl (C=O) groups excluding carboxylic acids is 2. The van der Waals surface area contributed by atoms with Crippen molar-refractivity contribution < 1.29 is 32.2 Å². The van der Waals surface area contributed by atoms with Crippen molar-refractivity contribution in [1.29, 1.82) is 0 Å². The van der Waals surface area contributed by atoms with Crippen LogP contribution in [-0.4, -0.2) is 64.2 Å². The number of aromatic nitrogens is 1. The van der Waals surface area contributed by atoms with Gasteiger partial charge in [0.25, 0.3) is 0 Å². The standard InChI is InChI=1S/C24H34F3N3O4/c1-5-33-20(31)15-18-17(7-8-19(28-18)24(25,26)27)16-30-12-6-9-23(30)10-13-29(14-11-23)21(32)34-22(2,3)4/h7-8H,5-6,9-16H2,1-4H3. The highest BCUT2D eigenvalue weighted by Gasteiger charge is 2.44. The van der Waals surface area contributed by atoms with Gasteiger partial charge < -0.3 is 14.4 Å². The molecular formula is C24H34F3N3O4. The third-order valence-electron chi connectivity index (χ3n) is 6.42. The van der Waals surface area contributed by atoms with Crippen molar-refractivity contribution in [2.45, 2.75) is 83.7 Å². The predicted octanol–water partition coefficient (Wildman–Crippen LogP) is 4.57. The summed E-state index contributed by atoms with van der Waals surface area (Å²) in [5.41, 5.74) is -1.02. The number of hydrogen-bond donors (Lipinski definition) is 0. The van der Waals surface area contributed by atoms with Crippen molar-refractivity contribution in [2.75, 3.05) is 26.2 Å². The summed E-state index contributed by atoms with van der Waals surface area (Å²) in [7, 11) is 0. The van der Waals surface area contributed by atoms with Gasteiger partial charge in [-0.2, -0.15) is 13.2 Å². The van der Waals surface area contributed by atoms with Gasteiger partial charge in [0, 0.05) is 25.2 Å². The lowest BCUT2D eigenvalue weighted by atomic mass is 9.84. The fourth-order valence-corrected chi connectivity index (χ4v) is 4.78. The molecule has 2 aliphatic heterocycles. The molecule has 0 aliphatic carbocycles. The molecule has 190 valence electrons. The van der Waals surface area contributed by atoms with Crippen molar-refractivity contribution in [2.24, 2.45) is 0 Å². The lowest BCUT2D eigenvalue weighted by molar-refractivity contribution is -0.144. The zero-order valence-corrected chi connectivity index (χ0v) is 20.3. The molecule has 1 spiro atoms. The van der Waals surface area contributed by atoms with E-state index in [0.717, 1.165) is 38.3 Å². The van der Waals surface area contributed by atoms with Gasteiger partial charge in [-0.05, 0) is 71.6 Å². The second kappa shape index (κ2) is 10.1. The van der Waals surface area contributed by atoms with Gasteiger partial charge in [-0.15, -0.1) is 0 Å². The van der Waals surface area contributed by atoms with Gasteiger partial charge >= 0.3 is 18.2 Å². The highest BCUT2D eigenvalue weighted by atomic mass is 19.4. The van der Waals surface area contributed by atoms with Gasteiger partial charge in [-0.25, -0.2) is 9.78 Å². The van der Waals surface area contributed by atoms with Crippen LogP contribution in [-0.2, 0) is 33.4 Å². The van der Waals surface area contributed by atoms with E-state index in [9.17, 15) is 22.8 Å². The predicted molar refractivity (Wildman–Crippen MR) is 119 cm³/mol. The average molecular weight is 486 g/mol. The number of pyridine rings is 1. The van der Waals surface area contributed by atoms with Gasteiger partial charge in [0.15, 0.2) is 0 Å². The Balaban J connectivity index is 1.75. The third-order valence-corrected chi connectivity index (χ3v) is 6.42. The molecule has 2 aliphatic rings. The largest absolute Gasteiger partial charge is 0.466 e. The first-order valence-electron chi connectivity index (χ1n) is 11.8. The first-order chi connectivity index (χ1) is 15.8. The molecule has 0 saturated carbocycles. The monoisotopic (exact) mass is 485 g/mol. The number of carbonyl (C=O) groups is 2. The highest BCUT2D eigenvalue weighted by Crippen LogP contribution is 2.40. The normalized spacial score (nSPS) is 18.9. The fourth-order valence-electron chi connectivity index (χ4n) is 4.78. The lowest BCUT2D eigenvalue weighted by Gasteiger charge is -2.45. The molecule has 2 fully saturated rings. The molecule has 0 bridgehead atoms. The van der Waals surface area contributed by atoms with Crippen molar-refractivity contribution in [1.82, 2.24) is 14.8 Å². The minimum absolute atomic E-state index is 0.0986. The summed E-state index contributed by atoms with van der Waals surface area (Å²) in [6.07, 6.45) is -1.79. The van der Waals surface area contributed by atoms with Gasteiger partial charge in [-0.3, -0.25) is 9.69 Å². The van der Waals surface area contributed by atoms with Crippen LogP contribution >= 0.6 is 0 Å². The molecule has 3 rings (SSSR count). The number of nitrogens with zero attached hydrogens (tertiary/aromatic N) is 3. The molecule has 3 heterocycles. The molecule has 0 atom stereocenters. The number of ether oxygens (including phenoxy) is 2. The van der Waals surface area contributed by atoms with Gasteiger partial charge in [0.05, 0.1) is 18.7 Å². The summed E-state index contributed by atoms with van der Waals surface area (Å²) in [6, 6.07) is 2.39. The molecule has 0 aromatic carbocycles. The van der Waals surface area contributed by atoms with Crippen molar-refractivity contribution >= 4 is 12.1 Å². The maximum Gasteiger partial charge on any atom is 0.433 e. The van der Waals surface area contributed by atoms with Crippen LogP contribution in [0.5, 0.6) is 0 Å². The Kier molecular flexibility index (Phi) is 7.79. The zero-order valence-electron chi connectivity index (χ0n) is 20.3. The van der Waals surface area contributed by atoms with E-state index in [4.69, 9.17) is 9.47 Å². The van der Waals surface area contributed by atoms with Crippen LogP contribution in [0.4, 0.5) is 18.0 Å². The number of likely N-dealkylation sites (tertiary alicyclic amines) is 2. The molecular weight excluding hydrogens is 451 g/mol. The van der Waals surface area contributed by atoms with Crippen LogP contribution in [0.15, 0.2) is 12.1 Å². The summed E-state index contributed by atoms with van der Waals surface area (Å²) in [5, 5.41) is 0. The molecule has 34 heavy (non-hydrogen) atoms. The molecule has 1 amide bonds. The minimum atomic E-state index is -4.59. The molecule has 0 unspecified atom stereocenters. The number of hydrogen-bond acceptors (Lipinski definition) is 6. The van der Waals surface area contributed by atoms with E-state index in [1.807, 2.05) is 20.8 Å². The number of esters is 1. The van der Waals surface area contributed by atoms with Crippen molar-refractivity contribution in [3.05, 3.63) is 29.1 Å². The number of halogens is 3. The van der Waals surface area contributed by atoms with Crippen LogP contribution in [0.2, 0.25) is 0 Å². The van der Waals surface area contributed by atoms with Crippen LogP contribution in [0.1, 0.15) is 70.3 Å². The number of piperidine rings is 1. The molecule has 1 aromatic rings. The van der Waals surface area contributed by atoms with Gasteiger partial charge in [0.1, 0.15) is 11.3 Å². The summed E-state index contributed by atoms with van der Waals surface area (Å²) >= 11 is 0. The average Bonchev–Trinajstić information content (AvgIpc) is 3.09. The zero-order chi connectivity index (χ0) is 25.1. The Labute approximate surface area is 198 Å². The highest BCUT2D eigenvalue weighted by molar-refractivity contribution is 5.72. The summed E-state index contributed by atoms with van der Waals surface area (Å²) < 4.78 is 50.2. The molecule has 0 N–H and O–H groups in total. The van der Waals surface area contributed by atoms with Crippen LogP contribution in [0.25, 0.3) is 0 Å². The molecule has 7 nitrogen and oxygen atoms in total. The second-order valence-corrected chi connectivity index (χ2v) is 10.00. The maximum atomic E-state index is 13.2. The van der Waals surface area contributed by atoms with Crippen LogP contribution in [0, 0.1) is 0 Å². The molecule has 2 saturated heterocycles. The van der Waals surface area contributed by atoms with Crippen molar-refractivity contribution in [3.63, 3.8) is 0 Å². The first kappa shape index (κ1) is 26.2. The van der Waals surface area contributed by atoms with E-state index in [1.165, 1.54) is 6.07 Å².